The molecule has 0 aliphatic heterocycles. The Labute approximate surface area is 289 Å². The first-order valence-corrected chi connectivity index (χ1v) is 17.7. The minimum absolute atomic E-state index is 0.0102. The van der Waals surface area contributed by atoms with Crippen LogP contribution in [0.2, 0.25) is 0 Å². The molecule has 258 valence electrons. The van der Waals surface area contributed by atoms with Gasteiger partial charge in [0.25, 0.3) is 5.56 Å². The van der Waals surface area contributed by atoms with Crippen molar-refractivity contribution in [2.45, 2.75) is 44.6 Å². The lowest BCUT2D eigenvalue weighted by molar-refractivity contribution is -0.122. The van der Waals surface area contributed by atoms with Crippen molar-refractivity contribution < 1.29 is 22.7 Å². The van der Waals surface area contributed by atoms with Gasteiger partial charge in [-0.05, 0) is 18.4 Å². The number of hydrogen-bond donors (Lipinski definition) is 3. The van der Waals surface area contributed by atoms with Crippen LogP contribution in [0.5, 0.6) is 5.88 Å². The second-order valence-electron chi connectivity index (χ2n) is 11.5. The Morgan fingerprint density at radius 2 is 1.58 bits per heavy atom. The van der Waals surface area contributed by atoms with Gasteiger partial charge in [-0.15, -0.1) is 0 Å². The number of carbonyl (C=O) groups excluding carboxylic acids is 2. The number of unbranched alkanes of at least 4 members (excludes halogenated alkanes) is 1. The van der Waals surface area contributed by atoms with Crippen LogP contribution in [0.3, 0.4) is 0 Å². The Kier molecular flexibility index (Phi) is 11.7. The number of ether oxygens (including phenoxy) is 1. The number of ketones is 1. The second kappa shape index (κ2) is 16.5. The Hall–Kier alpha value is -5.82. The summed E-state index contributed by atoms with van der Waals surface area (Å²) in [4.78, 5) is 60.5. The topological polar surface area (TPSA) is 169 Å². The number of nitrogens with zero attached hydrogens (tertiary/aromatic N) is 2. The molecule has 5 aromatic rings. The molecule has 1 atom stereocenters. The maximum atomic E-state index is 13.7. The highest BCUT2D eigenvalue weighted by atomic mass is 32.2. The van der Waals surface area contributed by atoms with Crippen LogP contribution in [0, 0.1) is 0 Å². The van der Waals surface area contributed by atoms with E-state index in [1.54, 1.807) is 91.0 Å². The number of aromatic nitrogens is 3. The van der Waals surface area contributed by atoms with E-state index in [1.807, 2.05) is 6.92 Å². The molecule has 3 aromatic carbocycles. The number of aromatic amines is 1. The molecule has 0 saturated heterocycles. The maximum Gasteiger partial charge on any atom is 0.278 e. The zero-order valence-corrected chi connectivity index (χ0v) is 28.2. The van der Waals surface area contributed by atoms with Gasteiger partial charge in [-0.2, -0.15) is 0 Å². The summed E-state index contributed by atoms with van der Waals surface area (Å²) in [5, 5.41) is 2.79. The lowest BCUT2D eigenvalue weighted by Gasteiger charge is -2.21. The number of hydrogen-bond acceptors (Lipinski definition) is 8. The molecule has 0 spiro atoms. The molecule has 50 heavy (non-hydrogen) atoms. The van der Waals surface area contributed by atoms with Gasteiger partial charge in [0.15, 0.2) is 5.43 Å². The van der Waals surface area contributed by atoms with Gasteiger partial charge in [-0.25, -0.2) is 13.4 Å². The van der Waals surface area contributed by atoms with Gasteiger partial charge in [0, 0.05) is 23.4 Å². The van der Waals surface area contributed by atoms with E-state index in [1.165, 1.54) is 12.3 Å². The van der Waals surface area contributed by atoms with Crippen molar-refractivity contribution in [1.29, 1.82) is 0 Å². The molecule has 2 heterocycles. The minimum Gasteiger partial charge on any atom is -0.473 e. The van der Waals surface area contributed by atoms with Crippen LogP contribution in [-0.2, 0) is 27.1 Å². The number of carbonyl (C=O) groups is 2. The fraction of sp³-hybridized carbons (Fsp3) is 0.216. The van der Waals surface area contributed by atoms with Gasteiger partial charge in [0.2, 0.25) is 27.6 Å². The normalized spacial score (nSPS) is 11.8. The molecule has 5 rings (SSSR count). The van der Waals surface area contributed by atoms with E-state index < -0.39 is 45.4 Å². The molecule has 13 heteroatoms. The quantitative estimate of drug-likeness (QED) is 0.127. The van der Waals surface area contributed by atoms with Crippen LogP contribution in [-0.4, -0.2) is 47.3 Å². The number of amides is 1. The SMILES string of the molecule is CCCCC(CNC(=O)Cn1c(-c2ccccc2)ncc(NS(=O)(=O)Cc2ccccc2)c1=O)Oc1[nH]ccc(=O)c1C(=O)c1ccccc1. The average Bonchev–Trinajstić information content (AvgIpc) is 3.12. The number of pyridine rings is 1. The van der Waals surface area contributed by atoms with E-state index in [0.29, 0.717) is 23.1 Å². The van der Waals surface area contributed by atoms with Crippen LogP contribution in [0.25, 0.3) is 11.4 Å². The predicted octanol–water partition coefficient (Wildman–Crippen LogP) is 4.53. The molecule has 0 saturated carbocycles. The first-order valence-electron chi connectivity index (χ1n) is 16.1. The Morgan fingerprint density at radius 3 is 2.26 bits per heavy atom. The largest absolute Gasteiger partial charge is 0.473 e. The van der Waals surface area contributed by atoms with Crippen molar-refractivity contribution >= 4 is 27.4 Å². The van der Waals surface area contributed by atoms with E-state index in [0.717, 1.165) is 23.6 Å². The molecule has 3 N–H and O–H groups in total. The molecule has 0 radical (unpaired) electrons. The van der Waals surface area contributed by atoms with Crippen molar-refractivity contribution in [2.75, 3.05) is 11.3 Å². The number of benzene rings is 3. The molecule has 0 aliphatic rings. The minimum atomic E-state index is -3.99. The van der Waals surface area contributed by atoms with Crippen LogP contribution in [0.15, 0.2) is 119 Å². The summed E-state index contributed by atoms with van der Waals surface area (Å²) in [6.07, 6.45) is 3.93. The van der Waals surface area contributed by atoms with Crippen molar-refractivity contribution in [1.82, 2.24) is 19.9 Å². The Balaban J connectivity index is 1.37. The van der Waals surface area contributed by atoms with Gasteiger partial charge in [-0.1, -0.05) is 104 Å². The number of sulfonamides is 1. The van der Waals surface area contributed by atoms with Crippen LogP contribution < -0.4 is 25.8 Å². The summed E-state index contributed by atoms with van der Waals surface area (Å²) < 4.78 is 35.5. The first-order chi connectivity index (χ1) is 24.1. The lowest BCUT2D eigenvalue weighted by atomic mass is 10.0. The molecule has 12 nitrogen and oxygen atoms in total. The summed E-state index contributed by atoms with van der Waals surface area (Å²) in [6, 6.07) is 26.9. The van der Waals surface area contributed by atoms with Crippen molar-refractivity contribution in [3.05, 3.63) is 147 Å². The standard InChI is InChI=1S/C37H37N5O7S/c1-2-3-19-29(49-36-33(31(43)20-21-38-36)34(45)27-15-9-5-10-16-27)22-39-32(44)24-42-35(28-17-11-6-12-18-28)40-23-30(37(42)46)41-50(47,48)25-26-13-7-4-8-14-26/h4-18,20-21,23,29,41H,2-3,19,22,24-25H2,1H3,(H,38,43)(H,39,44). The summed E-state index contributed by atoms with van der Waals surface area (Å²) in [5.41, 5.74) is -0.316. The average molecular weight is 696 g/mol. The molecule has 2 aromatic heterocycles. The third-order valence-electron chi connectivity index (χ3n) is 7.72. The van der Waals surface area contributed by atoms with Crippen LogP contribution in [0.1, 0.15) is 47.7 Å². The third kappa shape index (κ3) is 9.20. The number of H-pyrrole nitrogens is 1. The summed E-state index contributed by atoms with van der Waals surface area (Å²) in [6.45, 7) is 1.50. The monoisotopic (exact) mass is 695 g/mol. The van der Waals surface area contributed by atoms with Crippen molar-refractivity contribution in [3.8, 4) is 17.3 Å². The highest BCUT2D eigenvalue weighted by Crippen LogP contribution is 2.20. The van der Waals surface area contributed by atoms with Crippen molar-refractivity contribution in [2.24, 2.45) is 0 Å². The highest BCUT2D eigenvalue weighted by Gasteiger charge is 2.23. The predicted molar refractivity (Wildman–Crippen MR) is 191 cm³/mol. The summed E-state index contributed by atoms with van der Waals surface area (Å²) >= 11 is 0. The van der Waals surface area contributed by atoms with E-state index in [4.69, 9.17) is 4.74 Å². The second-order valence-corrected chi connectivity index (χ2v) is 13.2. The number of rotatable bonds is 16. The van der Waals surface area contributed by atoms with Gasteiger partial charge < -0.3 is 15.0 Å². The zero-order valence-electron chi connectivity index (χ0n) is 27.4. The van der Waals surface area contributed by atoms with Crippen LogP contribution in [0.4, 0.5) is 5.69 Å². The third-order valence-corrected chi connectivity index (χ3v) is 8.97. The molecule has 0 bridgehead atoms. The molecule has 1 amide bonds. The fourth-order valence-corrected chi connectivity index (χ4v) is 6.43. The smallest absolute Gasteiger partial charge is 0.278 e. The van der Waals surface area contributed by atoms with E-state index >= 15 is 0 Å². The summed E-state index contributed by atoms with van der Waals surface area (Å²) in [5.74, 6) is -1.27. The van der Waals surface area contributed by atoms with E-state index in [-0.39, 0.29) is 35.3 Å². The van der Waals surface area contributed by atoms with Gasteiger partial charge in [0.1, 0.15) is 29.7 Å². The lowest BCUT2D eigenvalue weighted by Crippen LogP contribution is -2.40. The molecule has 0 aliphatic carbocycles. The van der Waals surface area contributed by atoms with Crippen LogP contribution >= 0.6 is 0 Å². The molecular weight excluding hydrogens is 659 g/mol. The Bertz CT molecular complexity index is 2150. The van der Waals surface area contributed by atoms with Gasteiger partial charge >= 0.3 is 0 Å². The molecule has 1 unspecified atom stereocenters. The van der Waals surface area contributed by atoms with E-state index in [9.17, 15) is 27.6 Å². The molecular formula is C37H37N5O7S. The van der Waals surface area contributed by atoms with Gasteiger partial charge in [0.05, 0.1) is 18.5 Å². The Morgan fingerprint density at radius 1 is 0.920 bits per heavy atom. The first kappa shape index (κ1) is 35.5. The fourth-order valence-electron chi connectivity index (χ4n) is 5.25. The molecule has 0 fully saturated rings. The number of nitrogens with one attached hydrogen (secondary N) is 3. The maximum absolute atomic E-state index is 13.7. The highest BCUT2D eigenvalue weighted by molar-refractivity contribution is 7.91. The zero-order chi connectivity index (χ0) is 35.5. The van der Waals surface area contributed by atoms with E-state index in [2.05, 4.69) is 20.0 Å². The van der Waals surface area contributed by atoms with Crippen molar-refractivity contribution in [3.63, 3.8) is 0 Å². The van der Waals surface area contributed by atoms with Gasteiger partial charge in [-0.3, -0.25) is 28.5 Å². The summed E-state index contributed by atoms with van der Waals surface area (Å²) in [7, 11) is -3.99. The number of anilines is 1.